The van der Waals surface area contributed by atoms with Crippen molar-refractivity contribution < 1.29 is 13.2 Å². The van der Waals surface area contributed by atoms with Crippen LogP contribution in [-0.4, -0.2) is 25.7 Å². The number of aromatic amines is 1. The van der Waals surface area contributed by atoms with Gasteiger partial charge < -0.3 is 4.74 Å². The van der Waals surface area contributed by atoms with Crippen molar-refractivity contribution in [2.24, 2.45) is 0 Å². The molecule has 1 aromatic heterocycles. The van der Waals surface area contributed by atoms with Gasteiger partial charge in [0.25, 0.3) is 0 Å². The molecule has 0 unspecified atom stereocenters. The predicted molar refractivity (Wildman–Crippen MR) is 79.8 cm³/mol. The number of hydrogen-bond acceptors (Lipinski definition) is 4. The molecule has 0 saturated heterocycles. The highest BCUT2D eigenvalue weighted by molar-refractivity contribution is 7.89. The summed E-state index contributed by atoms with van der Waals surface area (Å²) in [6.07, 6.45) is 0. The highest BCUT2D eigenvalue weighted by Gasteiger charge is 2.20. The maximum Gasteiger partial charge on any atom is 0.244 e. The van der Waals surface area contributed by atoms with E-state index in [0.29, 0.717) is 5.75 Å². The molecule has 2 N–H and O–H groups in total. The van der Waals surface area contributed by atoms with Gasteiger partial charge >= 0.3 is 0 Å². The first kappa shape index (κ1) is 15.5. The summed E-state index contributed by atoms with van der Waals surface area (Å²) in [5.74, 6) is 0.328. The Kier molecular flexibility index (Phi) is 4.34. The normalized spacial score (nSPS) is 11.6. The van der Waals surface area contributed by atoms with E-state index in [2.05, 4.69) is 14.9 Å². The average molecular weight is 309 g/mol. The van der Waals surface area contributed by atoms with Crippen molar-refractivity contribution in [2.75, 3.05) is 7.11 Å². The van der Waals surface area contributed by atoms with E-state index in [0.717, 1.165) is 22.5 Å². The molecule has 1 heterocycles. The van der Waals surface area contributed by atoms with Crippen LogP contribution in [0.25, 0.3) is 0 Å². The van der Waals surface area contributed by atoms with Crippen molar-refractivity contribution in [2.45, 2.75) is 32.2 Å². The Morgan fingerprint density at radius 3 is 2.57 bits per heavy atom. The number of hydrogen-bond donors (Lipinski definition) is 2. The number of aryl methyl sites for hydroxylation is 3. The lowest BCUT2D eigenvalue weighted by atomic mass is 10.2. The summed E-state index contributed by atoms with van der Waals surface area (Å²) < 4.78 is 32.6. The quantitative estimate of drug-likeness (QED) is 0.882. The summed E-state index contributed by atoms with van der Waals surface area (Å²) in [6.45, 7) is 5.72. The van der Waals surface area contributed by atoms with E-state index in [-0.39, 0.29) is 11.4 Å². The third kappa shape index (κ3) is 3.25. The van der Waals surface area contributed by atoms with E-state index in [1.54, 1.807) is 12.1 Å². The monoisotopic (exact) mass is 309 g/mol. The Bertz CT molecular complexity index is 731. The summed E-state index contributed by atoms with van der Waals surface area (Å²) in [6, 6.07) is 5.05. The molecule has 0 radical (unpaired) electrons. The number of nitrogens with zero attached hydrogens (tertiary/aromatic N) is 1. The second-order valence-corrected chi connectivity index (χ2v) is 6.63. The van der Waals surface area contributed by atoms with Crippen LogP contribution in [0.15, 0.2) is 23.1 Å². The highest BCUT2D eigenvalue weighted by atomic mass is 32.2. The molecule has 7 heteroatoms. The van der Waals surface area contributed by atoms with Crippen LogP contribution in [0.3, 0.4) is 0 Å². The molecule has 0 aliphatic rings. The Morgan fingerprint density at radius 2 is 2.00 bits per heavy atom. The van der Waals surface area contributed by atoms with Gasteiger partial charge in [-0.3, -0.25) is 5.10 Å². The van der Waals surface area contributed by atoms with Gasteiger partial charge in [-0.15, -0.1) is 0 Å². The largest absolute Gasteiger partial charge is 0.495 e. The van der Waals surface area contributed by atoms with E-state index in [4.69, 9.17) is 4.74 Å². The maximum absolute atomic E-state index is 12.5. The minimum Gasteiger partial charge on any atom is -0.495 e. The molecule has 2 rings (SSSR count). The fraction of sp³-hybridized carbons (Fsp3) is 0.357. The third-order valence-corrected chi connectivity index (χ3v) is 4.75. The predicted octanol–water partition coefficient (Wildman–Crippen LogP) is 1.82. The summed E-state index contributed by atoms with van der Waals surface area (Å²) in [4.78, 5) is 0.142. The van der Waals surface area contributed by atoms with Gasteiger partial charge in [-0.25, -0.2) is 13.1 Å². The number of H-pyrrole nitrogens is 1. The molecule has 0 bridgehead atoms. The van der Waals surface area contributed by atoms with E-state index < -0.39 is 10.0 Å². The van der Waals surface area contributed by atoms with Gasteiger partial charge in [0.15, 0.2) is 0 Å². The lowest BCUT2D eigenvalue weighted by Gasteiger charge is -2.11. The van der Waals surface area contributed by atoms with Gasteiger partial charge in [-0.1, -0.05) is 6.07 Å². The molecule has 2 aromatic rings. The average Bonchev–Trinajstić information content (AvgIpc) is 2.76. The number of aromatic nitrogens is 2. The van der Waals surface area contributed by atoms with Crippen LogP contribution in [0.1, 0.15) is 22.5 Å². The standard InChI is InChI=1S/C14H19N3O3S/c1-9-5-6-13(20-4)14(7-9)21(18,19)15-8-12-10(2)16-17-11(12)3/h5-7,15H,8H2,1-4H3,(H,16,17). The molecule has 21 heavy (non-hydrogen) atoms. The number of benzene rings is 1. The van der Waals surface area contributed by atoms with Gasteiger partial charge in [0.1, 0.15) is 10.6 Å². The maximum atomic E-state index is 12.5. The van der Waals surface area contributed by atoms with Crippen molar-refractivity contribution in [3.8, 4) is 5.75 Å². The first-order valence-corrected chi connectivity index (χ1v) is 7.98. The highest BCUT2D eigenvalue weighted by Crippen LogP contribution is 2.24. The summed E-state index contributed by atoms with van der Waals surface area (Å²) >= 11 is 0. The molecule has 0 aliphatic heterocycles. The van der Waals surface area contributed by atoms with Gasteiger partial charge in [-0.05, 0) is 38.5 Å². The molecule has 0 fully saturated rings. The fourth-order valence-corrected chi connectivity index (χ4v) is 3.32. The zero-order valence-electron chi connectivity index (χ0n) is 12.5. The molecule has 0 aliphatic carbocycles. The number of rotatable bonds is 5. The van der Waals surface area contributed by atoms with Crippen molar-refractivity contribution >= 4 is 10.0 Å². The second kappa shape index (κ2) is 5.87. The third-order valence-electron chi connectivity index (χ3n) is 3.33. The van der Waals surface area contributed by atoms with E-state index >= 15 is 0 Å². The van der Waals surface area contributed by atoms with Gasteiger partial charge in [0, 0.05) is 17.8 Å². The summed E-state index contributed by atoms with van der Waals surface area (Å²) in [7, 11) is -2.20. The first-order valence-electron chi connectivity index (χ1n) is 6.50. The SMILES string of the molecule is COc1ccc(C)cc1S(=O)(=O)NCc1c(C)n[nH]c1C. The lowest BCUT2D eigenvalue weighted by Crippen LogP contribution is -2.24. The van der Waals surface area contributed by atoms with Crippen LogP contribution >= 0.6 is 0 Å². The molecule has 6 nitrogen and oxygen atoms in total. The summed E-state index contributed by atoms with van der Waals surface area (Å²) in [5.41, 5.74) is 3.34. The topological polar surface area (TPSA) is 84.1 Å². The molecule has 114 valence electrons. The number of ether oxygens (including phenoxy) is 1. The summed E-state index contributed by atoms with van der Waals surface area (Å²) in [5, 5.41) is 6.89. The van der Waals surface area contributed by atoms with E-state index in [1.165, 1.54) is 7.11 Å². The Labute approximate surface area is 124 Å². The van der Waals surface area contributed by atoms with Crippen molar-refractivity contribution in [3.05, 3.63) is 40.7 Å². The minimum absolute atomic E-state index is 0.142. The van der Waals surface area contributed by atoms with Crippen LogP contribution in [0.4, 0.5) is 0 Å². The molecular formula is C14H19N3O3S. The van der Waals surface area contributed by atoms with Crippen LogP contribution in [-0.2, 0) is 16.6 Å². The van der Waals surface area contributed by atoms with Crippen molar-refractivity contribution in [1.82, 2.24) is 14.9 Å². The lowest BCUT2D eigenvalue weighted by molar-refractivity contribution is 0.402. The number of sulfonamides is 1. The molecule has 0 spiro atoms. The Balaban J connectivity index is 2.29. The number of nitrogens with one attached hydrogen (secondary N) is 2. The Morgan fingerprint density at radius 1 is 1.29 bits per heavy atom. The van der Waals surface area contributed by atoms with Crippen LogP contribution in [0, 0.1) is 20.8 Å². The zero-order valence-corrected chi connectivity index (χ0v) is 13.3. The Hall–Kier alpha value is -1.86. The van der Waals surface area contributed by atoms with Crippen LogP contribution in [0.5, 0.6) is 5.75 Å². The second-order valence-electron chi connectivity index (χ2n) is 4.89. The van der Waals surface area contributed by atoms with Gasteiger partial charge in [0.2, 0.25) is 10.0 Å². The molecule has 0 amide bonds. The number of methoxy groups -OCH3 is 1. The van der Waals surface area contributed by atoms with E-state index in [9.17, 15) is 8.42 Å². The molecule has 0 saturated carbocycles. The molecule has 0 atom stereocenters. The van der Waals surface area contributed by atoms with E-state index in [1.807, 2.05) is 26.8 Å². The smallest absolute Gasteiger partial charge is 0.244 e. The fourth-order valence-electron chi connectivity index (χ4n) is 2.07. The van der Waals surface area contributed by atoms with Crippen molar-refractivity contribution in [1.29, 1.82) is 0 Å². The molecular weight excluding hydrogens is 290 g/mol. The van der Waals surface area contributed by atoms with Gasteiger partial charge in [0.05, 0.1) is 12.8 Å². The van der Waals surface area contributed by atoms with Crippen molar-refractivity contribution in [3.63, 3.8) is 0 Å². The first-order chi connectivity index (χ1) is 9.85. The zero-order chi connectivity index (χ0) is 15.6. The minimum atomic E-state index is -3.65. The van der Waals surface area contributed by atoms with Crippen LogP contribution in [0.2, 0.25) is 0 Å². The van der Waals surface area contributed by atoms with Crippen LogP contribution < -0.4 is 9.46 Å². The van der Waals surface area contributed by atoms with Gasteiger partial charge in [-0.2, -0.15) is 5.10 Å². The molecule has 1 aromatic carbocycles.